The summed E-state index contributed by atoms with van der Waals surface area (Å²) in [5, 5.41) is 9.62. The van der Waals surface area contributed by atoms with Gasteiger partial charge in [-0.3, -0.25) is 4.79 Å². The molecule has 0 aliphatic heterocycles. The van der Waals surface area contributed by atoms with Gasteiger partial charge in [0.05, 0.1) is 24.3 Å². The van der Waals surface area contributed by atoms with Crippen LogP contribution in [0.25, 0.3) is 0 Å². The van der Waals surface area contributed by atoms with Crippen LogP contribution < -0.4 is 4.74 Å². The minimum atomic E-state index is -0.797. The molecule has 0 bridgehead atoms. The normalized spacial score (nSPS) is 17.4. The molecule has 1 fully saturated rings. The van der Waals surface area contributed by atoms with Gasteiger partial charge in [0.1, 0.15) is 6.33 Å². The number of methoxy groups -OCH3 is 1. The van der Waals surface area contributed by atoms with Crippen LogP contribution in [0.1, 0.15) is 49.8 Å². The predicted molar refractivity (Wildman–Crippen MR) is 70.3 cm³/mol. The Bertz CT molecular complexity index is 434. The van der Waals surface area contributed by atoms with Crippen molar-refractivity contribution in [3.8, 4) is 5.88 Å². The van der Waals surface area contributed by atoms with Crippen molar-refractivity contribution in [2.45, 2.75) is 44.9 Å². The second-order valence-electron chi connectivity index (χ2n) is 4.96. The zero-order valence-corrected chi connectivity index (χ0v) is 11.4. The first-order valence-corrected chi connectivity index (χ1v) is 6.79. The van der Waals surface area contributed by atoms with Crippen LogP contribution in [0.2, 0.25) is 0 Å². The number of hydrogen-bond acceptors (Lipinski definition) is 4. The van der Waals surface area contributed by atoms with Crippen LogP contribution in [0, 0.1) is 5.92 Å². The van der Waals surface area contributed by atoms with Gasteiger partial charge in [0.2, 0.25) is 5.88 Å². The van der Waals surface area contributed by atoms with E-state index in [0.717, 1.165) is 31.4 Å². The number of nitrogens with zero attached hydrogens (tertiary/aromatic N) is 2. The number of rotatable bonds is 5. The molecular weight excluding hydrogens is 244 g/mol. The molecule has 1 aliphatic rings. The maximum absolute atomic E-state index is 11.7. The summed E-state index contributed by atoms with van der Waals surface area (Å²) >= 11 is 0. The molecule has 1 saturated carbocycles. The third-order valence-corrected chi connectivity index (χ3v) is 3.91. The predicted octanol–water partition coefficient (Wildman–Crippen LogP) is 2.41. The van der Waals surface area contributed by atoms with E-state index in [9.17, 15) is 9.90 Å². The van der Waals surface area contributed by atoms with E-state index in [2.05, 4.69) is 9.97 Å². The van der Waals surface area contributed by atoms with Crippen LogP contribution in [-0.4, -0.2) is 28.2 Å². The monoisotopic (exact) mass is 264 g/mol. The van der Waals surface area contributed by atoms with Crippen molar-refractivity contribution in [3.05, 3.63) is 17.6 Å². The first-order chi connectivity index (χ1) is 9.19. The maximum Gasteiger partial charge on any atom is 0.311 e. The van der Waals surface area contributed by atoms with Crippen molar-refractivity contribution in [1.29, 1.82) is 0 Å². The Morgan fingerprint density at radius 1 is 1.47 bits per heavy atom. The molecule has 0 aromatic carbocycles. The Balaban J connectivity index is 2.48. The highest BCUT2D eigenvalue weighted by Gasteiger charge is 2.36. The Hall–Kier alpha value is -1.65. The molecule has 1 heterocycles. The largest absolute Gasteiger partial charge is 0.481 e. The molecule has 1 atom stereocenters. The standard InChI is InChI=1S/C14H20N2O3/c1-3-10-12(13(19-2)16-8-15-10)11(14(17)18)9-6-4-5-7-9/h8-9,11H,3-7H2,1-2H3,(H,17,18). The van der Waals surface area contributed by atoms with E-state index in [0.29, 0.717) is 17.9 Å². The summed E-state index contributed by atoms with van der Waals surface area (Å²) < 4.78 is 5.26. The molecule has 1 N–H and O–H groups in total. The minimum Gasteiger partial charge on any atom is -0.481 e. The van der Waals surface area contributed by atoms with Crippen molar-refractivity contribution in [2.24, 2.45) is 5.92 Å². The number of carbonyl (C=O) groups is 1. The number of aromatic nitrogens is 2. The van der Waals surface area contributed by atoms with Gasteiger partial charge in [-0.25, -0.2) is 9.97 Å². The van der Waals surface area contributed by atoms with Gasteiger partial charge in [0.15, 0.2) is 0 Å². The molecule has 0 amide bonds. The van der Waals surface area contributed by atoms with Crippen LogP contribution in [0.15, 0.2) is 6.33 Å². The molecular formula is C14H20N2O3. The fourth-order valence-corrected chi connectivity index (χ4v) is 3.02. The number of aliphatic carboxylic acids is 1. The first-order valence-electron chi connectivity index (χ1n) is 6.79. The number of hydrogen-bond donors (Lipinski definition) is 1. The van der Waals surface area contributed by atoms with E-state index in [1.165, 1.54) is 13.4 Å². The third-order valence-electron chi connectivity index (χ3n) is 3.91. The Labute approximate surface area is 113 Å². The number of aryl methyl sites for hydroxylation is 1. The molecule has 0 spiro atoms. The van der Waals surface area contributed by atoms with E-state index in [-0.39, 0.29) is 5.92 Å². The van der Waals surface area contributed by atoms with Crippen molar-refractivity contribution in [1.82, 2.24) is 9.97 Å². The van der Waals surface area contributed by atoms with E-state index in [4.69, 9.17) is 4.74 Å². The zero-order valence-electron chi connectivity index (χ0n) is 11.4. The molecule has 5 nitrogen and oxygen atoms in total. The van der Waals surface area contributed by atoms with Gasteiger partial charge in [-0.15, -0.1) is 0 Å². The van der Waals surface area contributed by atoms with Crippen molar-refractivity contribution < 1.29 is 14.6 Å². The fraction of sp³-hybridized carbons (Fsp3) is 0.643. The molecule has 104 valence electrons. The number of ether oxygens (including phenoxy) is 1. The van der Waals surface area contributed by atoms with Gasteiger partial charge in [0, 0.05) is 0 Å². The Morgan fingerprint density at radius 3 is 2.68 bits per heavy atom. The van der Waals surface area contributed by atoms with Gasteiger partial charge in [-0.05, 0) is 25.2 Å². The highest BCUT2D eigenvalue weighted by Crippen LogP contribution is 2.41. The smallest absolute Gasteiger partial charge is 0.311 e. The topological polar surface area (TPSA) is 72.3 Å². The molecule has 5 heteroatoms. The van der Waals surface area contributed by atoms with Gasteiger partial charge >= 0.3 is 5.97 Å². The maximum atomic E-state index is 11.7. The van der Waals surface area contributed by atoms with Crippen molar-refractivity contribution in [2.75, 3.05) is 7.11 Å². The van der Waals surface area contributed by atoms with Gasteiger partial charge < -0.3 is 9.84 Å². The molecule has 1 unspecified atom stereocenters. The SMILES string of the molecule is CCc1ncnc(OC)c1C(C(=O)O)C1CCCC1. The molecule has 1 aliphatic carbocycles. The minimum absolute atomic E-state index is 0.169. The lowest BCUT2D eigenvalue weighted by Crippen LogP contribution is -2.22. The molecule has 1 aromatic heterocycles. The number of carboxylic acids is 1. The average Bonchev–Trinajstić information content (AvgIpc) is 2.92. The summed E-state index contributed by atoms with van der Waals surface area (Å²) in [6.45, 7) is 1.97. The molecule has 0 saturated heterocycles. The van der Waals surface area contributed by atoms with E-state index in [1.54, 1.807) is 0 Å². The molecule has 2 rings (SSSR count). The van der Waals surface area contributed by atoms with Crippen LogP contribution in [0.3, 0.4) is 0 Å². The highest BCUT2D eigenvalue weighted by atomic mass is 16.5. The van der Waals surface area contributed by atoms with E-state index >= 15 is 0 Å². The third kappa shape index (κ3) is 2.69. The summed E-state index contributed by atoms with van der Waals surface area (Å²) in [6, 6.07) is 0. The summed E-state index contributed by atoms with van der Waals surface area (Å²) in [4.78, 5) is 20.0. The van der Waals surface area contributed by atoms with Crippen molar-refractivity contribution >= 4 is 5.97 Å². The Morgan fingerprint density at radius 2 is 2.16 bits per heavy atom. The van der Waals surface area contributed by atoms with Gasteiger partial charge in [-0.1, -0.05) is 19.8 Å². The zero-order chi connectivity index (χ0) is 13.8. The second-order valence-corrected chi connectivity index (χ2v) is 4.96. The van der Waals surface area contributed by atoms with Crippen LogP contribution >= 0.6 is 0 Å². The summed E-state index contributed by atoms with van der Waals surface area (Å²) in [7, 11) is 1.53. The summed E-state index contributed by atoms with van der Waals surface area (Å²) in [6.07, 6.45) is 6.24. The van der Waals surface area contributed by atoms with Crippen LogP contribution in [0.4, 0.5) is 0 Å². The lowest BCUT2D eigenvalue weighted by Gasteiger charge is -2.22. The van der Waals surface area contributed by atoms with Crippen LogP contribution in [-0.2, 0) is 11.2 Å². The lowest BCUT2D eigenvalue weighted by atomic mass is 9.84. The van der Waals surface area contributed by atoms with Gasteiger partial charge in [0.25, 0.3) is 0 Å². The highest BCUT2D eigenvalue weighted by molar-refractivity contribution is 5.78. The van der Waals surface area contributed by atoms with E-state index in [1.807, 2.05) is 6.92 Å². The van der Waals surface area contributed by atoms with Crippen LogP contribution in [0.5, 0.6) is 5.88 Å². The second kappa shape index (κ2) is 5.99. The molecule has 0 radical (unpaired) electrons. The fourth-order valence-electron chi connectivity index (χ4n) is 3.02. The Kier molecular flexibility index (Phi) is 4.35. The number of carboxylic acid groups (broad SMARTS) is 1. The van der Waals surface area contributed by atoms with Crippen molar-refractivity contribution in [3.63, 3.8) is 0 Å². The van der Waals surface area contributed by atoms with Gasteiger partial charge in [-0.2, -0.15) is 0 Å². The lowest BCUT2D eigenvalue weighted by molar-refractivity contribution is -0.140. The first kappa shape index (κ1) is 13.8. The van der Waals surface area contributed by atoms with E-state index < -0.39 is 11.9 Å². The average molecular weight is 264 g/mol. The summed E-state index contributed by atoms with van der Waals surface area (Å²) in [5.74, 6) is -0.767. The molecule has 19 heavy (non-hydrogen) atoms. The molecule has 1 aromatic rings. The quantitative estimate of drug-likeness (QED) is 0.884. The summed E-state index contributed by atoms with van der Waals surface area (Å²) in [5.41, 5.74) is 1.46.